The first-order chi connectivity index (χ1) is 9.21. The zero-order valence-electron chi connectivity index (χ0n) is 10.5. The van der Waals surface area contributed by atoms with Gasteiger partial charge in [0.05, 0.1) is 23.4 Å². The predicted octanol–water partition coefficient (Wildman–Crippen LogP) is 1.81. The van der Waals surface area contributed by atoms with Gasteiger partial charge in [-0.1, -0.05) is 13.0 Å². The van der Waals surface area contributed by atoms with Gasteiger partial charge in [0, 0.05) is 13.1 Å². The van der Waals surface area contributed by atoms with Crippen molar-refractivity contribution in [1.82, 2.24) is 9.78 Å². The number of rotatable bonds is 4. The highest BCUT2D eigenvalue weighted by Crippen LogP contribution is 2.32. The van der Waals surface area contributed by atoms with Crippen molar-refractivity contribution in [2.24, 2.45) is 5.73 Å². The third kappa shape index (κ3) is 2.44. The number of aromatic hydroxyl groups is 1. The summed E-state index contributed by atoms with van der Waals surface area (Å²) >= 11 is 0. The Bertz CT molecular complexity index is 625. The average molecular weight is 255 g/mol. The van der Waals surface area contributed by atoms with Crippen LogP contribution in [0.25, 0.3) is 11.1 Å². The van der Waals surface area contributed by atoms with E-state index in [9.17, 15) is 5.11 Å². The minimum absolute atomic E-state index is 0.100. The number of hydrogen-bond donors (Lipinski definition) is 2. The quantitative estimate of drug-likeness (QED) is 0.872. The van der Waals surface area contributed by atoms with E-state index in [4.69, 9.17) is 11.0 Å². The zero-order valence-corrected chi connectivity index (χ0v) is 10.5. The van der Waals surface area contributed by atoms with Crippen LogP contribution in [-0.4, -0.2) is 14.9 Å². The van der Waals surface area contributed by atoms with Gasteiger partial charge in [0.1, 0.15) is 0 Å². The van der Waals surface area contributed by atoms with E-state index >= 15 is 0 Å². The molecule has 97 valence electrons. The number of hydrogen-bond acceptors (Lipinski definition) is 4. The highest BCUT2D eigenvalue weighted by molar-refractivity contribution is 5.72. The van der Waals surface area contributed by atoms with Gasteiger partial charge < -0.3 is 10.8 Å². The molecule has 0 bridgehead atoms. The third-order valence-electron chi connectivity index (χ3n) is 2.93. The van der Waals surface area contributed by atoms with Gasteiger partial charge in [-0.05, 0) is 29.7 Å². The monoisotopic (exact) mass is 255 g/mol. The molecule has 5 nitrogen and oxygen atoms in total. The summed E-state index contributed by atoms with van der Waals surface area (Å²) in [5.74, 6) is 0.100. The molecular weight excluding hydrogens is 240 g/mol. The molecule has 2 aromatic rings. The first-order valence-electron chi connectivity index (χ1n) is 5.98. The van der Waals surface area contributed by atoms with Crippen molar-refractivity contribution >= 4 is 0 Å². The Kier molecular flexibility index (Phi) is 3.83. The second kappa shape index (κ2) is 5.55. The summed E-state index contributed by atoms with van der Waals surface area (Å²) in [5.41, 5.74) is 8.48. The summed E-state index contributed by atoms with van der Waals surface area (Å²) in [4.78, 5) is 0. The van der Waals surface area contributed by atoms with Gasteiger partial charge in [-0.3, -0.25) is 0 Å². The molecule has 1 radical (unpaired) electrons. The topological polar surface area (TPSA) is 87.9 Å². The molecule has 19 heavy (non-hydrogen) atoms. The van der Waals surface area contributed by atoms with E-state index < -0.39 is 0 Å². The molecular formula is C14H15N4O. The van der Waals surface area contributed by atoms with Gasteiger partial charge in [-0.2, -0.15) is 10.4 Å². The van der Waals surface area contributed by atoms with E-state index in [1.165, 1.54) is 4.68 Å². The van der Waals surface area contributed by atoms with Crippen LogP contribution in [-0.2, 0) is 13.1 Å². The summed E-state index contributed by atoms with van der Waals surface area (Å²) in [5, 5.41) is 23.1. The highest BCUT2D eigenvalue weighted by Gasteiger charge is 2.14. The fourth-order valence-electron chi connectivity index (χ4n) is 1.98. The number of nitriles is 1. The molecule has 0 atom stereocenters. The van der Waals surface area contributed by atoms with Crippen LogP contribution >= 0.6 is 0 Å². The second-order valence-electron chi connectivity index (χ2n) is 4.15. The molecule has 0 unspecified atom stereocenters. The van der Waals surface area contributed by atoms with Crippen LogP contribution in [0.1, 0.15) is 17.5 Å². The van der Waals surface area contributed by atoms with Gasteiger partial charge in [-0.15, -0.1) is 0 Å². The van der Waals surface area contributed by atoms with Crippen molar-refractivity contribution in [1.29, 1.82) is 5.26 Å². The summed E-state index contributed by atoms with van der Waals surface area (Å²) in [6.07, 6.45) is 2.25. The van der Waals surface area contributed by atoms with Crippen LogP contribution in [0.4, 0.5) is 0 Å². The molecule has 3 N–H and O–H groups in total. The minimum atomic E-state index is 0.100. The third-order valence-corrected chi connectivity index (χ3v) is 2.93. The molecule has 0 amide bonds. The Morgan fingerprint density at radius 1 is 1.42 bits per heavy atom. The number of aryl methyl sites for hydroxylation is 1. The lowest BCUT2D eigenvalue weighted by Gasteiger charge is -2.07. The smallest absolute Gasteiger partial charge is 0.217 e. The van der Waals surface area contributed by atoms with Gasteiger partial charge in [0.2, 0.25) is 5.88 Å². The lowest BCUT2D eigenvalue weighted by Crippen LogP contribution is -2.00. The largest absolute Gasteiger partial charge is 0.493 e. The first kappa shape index (κ1) is 13.1. The second-order valence-corrected chi connectivity index (χ2v) is 4.15. The van der Waals surface area contributed by atoms with Crippen molar-refractivity contribution in [3.05, 3.63) is 42.4 Å². The van der Waals surface area contributed by atoms with Gasteiger partial charge in [-0.25, -0.2) is 4.68 Å². The number of nitrogens with zero attached hydrogens (tertiary/aromatic N) is 3. The minimum Gasteiger partial charge on any atom is -0.493 e. The van der Waals surface area contributed by atoms with Crippen molar-refractivity contribution in [2.75, 3.05) is 0 Å². The lowest BCUT2D eigenvalue weighted by atomic mass is 10.00. The van der Waals surface area contributed by atoms with E-state index in [-0.39, 0.29) is 5.88 Å². The van der Waals surface area contributed by atoms with Crippen molar-refractivity contribution in [3.8, 4) is 23.1 Å². The molecule has 0 spiro atoms. The normalized spacial score (nSPS) is 10.4. The average Bonchev–Trinajstić information content (AvgIpc) is 2.80. The first-order valence-corrected chi connectivity index (χ1v) is 5.98. The van der Waals surface area contributed by atoms with Crippen molar-refractivity contribution in [2.45, 2.75) is 19.5 Å². The van der Waals surface area contributed by atoms with Gasteiger partial charge in [0.25, 0.3) is 0 Å². The maximum absolute atomic E-state index is 10.1. The van der Waals surface area contributed by atoms with Crippen LogP contribution in [0.3, 0.4) is 0 Å². The Hall–Kier alpha value is -2.32. The molecule has 2 rings (SSSR count). The fraction of sp³-hybridized carbons (Fsp3) is 0.214. The SMILES string of the molecule is [CH2]CCn1ncc(-c2ccc(C#N)cc2CN)c1O. The van der Waals surface area contributed by atoms with Crippen LogP contribution in [0, 0.1) is 18.3 Å². The number of aromatic nitrogens is 2. The molecule has 0 aliphatic rings. The summed E-state index contributed by atoms with van der Waals surface area (Å²) in [7, 11) is 0. The van der Waals surface area contributed by atoms with E-state index in [0.29, 0.717) is 30.6 Å². The van der Waals surface area contributed by atoms with Crippen LogP contribution in [0.5, 0.6) is 5.88 Å². The molecule has 1 heterocycles. The van der Waals surface area contributed by atoms with E-state index in [0.717, 1.165) is 11.1 Å². The van der Waals surface area contributed by atoms with Crippen LogP contribution in [0.15, 0.2) is 24.4 Å². The zero-order chi connectivity index (χ0) is 13.8. The molecule has 0 fully saturated rings. The summed E-state index contributed by atoms with van der Waals surface area (Å²) in [6.45, 7) is 4.58. The number of benzene rings is 1. The van der Waals surface area contributed by atoms with E-state index in [2.05, 4.69) is 18.1 Å². The maximum Gasteiger partial charge on any atom is 0.217 e. The lowest BCUT2D eigenvalue weighted by molar-refractivity contribution is 0.401. The molecule has 0 saturated heterocycles. The molecule has 5 heteroatoms. The number of nitrogens with two attached hydrogens (primary N) is 1. The van der Waals surface area contributed by atoms with Crippen molar-refractivity contribution < 1.29 is 5.11 Å². The molecule has 1 aromatic heterocycles. The Labute approximate surface area is 111 Å². The Balaban J connectivity index is 2.50. The standard InChI is InChI=1S/C14H15N4O/c1-2-5-18-14(19)13(9-17-18)12-4-3-10(7-15)6-11(12)8-16/h3-4,6,9,19H,1-2,5,8,16H2. The predicted molar refractivity (Wildman–Crippen MR) is 71.9 cm³/mol. The van der Waals surface area contributed by atoms with E-state index in [1.54, 1.807) is 24.4 Å². The molecule has 0 saturated carbocycles. The van der Waals surface area contributed by atoms with E-state index in [1.807, 2.05) is 0 Å². The van der Waals surface area contributed by atoms with Gasteiger partial charge in [0.15, 0.2) is 0 Å². The molecule has 1 aromatic carbocycles. The van der Waals surface area contributed by atoms with Crippen LogP contribution in [0.2, 0.25) is 0 Å². The highest BCUT2D eigenvalue weighted by atomic mass is 16.3. The summed E-state index contributed by atoms with van der Waals surface area (Å²) < 4.78 is 1.50. The van der Waals surface area contributed by atoms with Crippen LogP contribution < -0.4 is 5.73 Å². The fourth-order valence-corrected chi connectivity index (χ4v) is 1.98. The Morgan fingerprint density at radius 2 is 2.21 bits per heavy atom. The van der Waals surface area contributed by atoms with Gasteiger partial charge >= 0.3 is 0 Å². The van der Waals surface area contributed by atoms with Crippen molar-refractivity contribution in [3.63, 3.8) is 0 Å². The molecule has 0 aliphatic heterocycles. The Morgan fingerprint density at radius 3 is 2.84 bits per heavy atom. The summed E-state index contributed by atoms with van der Waals surface area (Å²) in [6, 6.07) is 7.29. The maximum atomic E-state index is 10.1. The molecule has 0 aliphatic carbocycles.